The van der Waals surface area contributed by atoms with Crippen LogP contribution in [0.1, 0.15) is 5.76 Å². The Morgan fingerprint density at radius 1 is 1.22 bits per heavy atom. The fourth-order valence-electron chi connectivity index (χ4n) is 1.48. The largest absolute Gasteiger partial charge is 0.455 e. The highest BCUT2D eigenvalue weighted by molar-refractivity contribution is 5.85. The Morgan fingerprint density at radius 3 is 2.72 bits per heavy atom. The zero-order valence-corrected chi connectivity index (χ0v) is 9.87. The molecule has 0 unspecified atom stereocenters. The van der Waals surface area contributed by atoms with Crippen LogP contribution in [0.4, 0.5) is 0 Å². The summed E-state index contributed by atoms with van der Waals surface area (Å²) in [7, 11) is 0. The lowest BCUT2D eigenvalue weighted by Gasteiger charge is -1.94. The van der Waals surface area contributed by atoms with Gasteiger partial charge in [0.15, 0.2) is 5.78 Å². The van der Waals surface area contributed by atoms with Crippen molar-refractivity contribution in [1.29, 1.82) is 0 Å². The molecule has 2 aromatic rings. The van der Waals surface area contributed by atoms with Crippen LogP contribution in [0.5, 0.6) is 0 Å². The van der Waals surface area contributed by atoms with Gasteiger partial charge < -0.3 is 10.2 Å². The summed E-state index contributed by atoms with van der Waals surface area (Å²) >= 11 is 0. The maximum Gasteiger partial charge on any atom is 0.167 e. The van der Waals surface area contributed by atoms with Crippen LogP contribution < -0.4 is 5.73 Å². The Hall–Kier alpha value is -2.20. The molecule has 0 radical (unpaired) electrons. The molecule has 0 aliphatic carbocycles. The number of benzene rings is 1. The molecule has 0 spiro atoms. The van der Waals surface area contributed by atoms with Crippen molar-refractivity contribution in [2.75, 3.05) is 13.1 Å². The lowest BCUT2D eigenvalue weighted by Crippen LogP contribution is -2.15. The van der Waals surface area contributed by atoms with Crippen LogP contribution in [0.25, 0.3) is 11.3 Å². The first-order valence-electron chi connectivity index (χ1n) is 5.66. The van der Waals surface area contributed by atoms with Gasteiger partial charge >= 0.3 is 0 Å². The average molecular weight is 242 g/mol. The van der Waals surface area contributed by atoms with Gasteiger partial charge in [0.2, 0.25) is 0 Å². The van der Waals surface area contributed by atoms with E-state index in [0.717, 1.165) is 11.3 Å². The molecule has 2 rings (SSSR count). The van der Waals surface area contributed by atoms with Gasteiger partial charge in [0.25, 0.3) is 0 Å². The van der Waals surface area contributed by atoms with Crippen molar-refractivity contribution in [2.24, 2.45) is 10.7 Å². The van der Waals surface area contributed by atoms with Crippen molar-refractivity contribution in [2.45, 2.75) is 0 Å². The van der Waals surface area contributed by atoms with Gasteiger partial charge in [0.1, 0.15) is 11.5 Å². The molecule has 0 bridgehead atoms. The van der Waals surface area contributed by atoms with Gasteiger partial charge in [-0.25, -0.2) is 0 Å². The smallest absolute Gasteiger partial charge is 0.167 e. The summed E-state index contributed by atoms with van der Waals surface area (Å²) in [4.78, 5) is 14.9. The van der Waals surface area contributed by atoms with Gasteiger partial charge in [-0.3, -0.25) is 9.79 Å². The first-order valence-corrected chi connectivity index (χ1v) is 5.66. The second-order valence-electron chi connectivity index (χ2n) is 3.78. The lowest BCUT2D eigenvalue weighted by atomic mass is 10.2. The number of ketones is 1. The molecule has 1 aromatic carbocycles. The van der Waals surface area contributed by atoms with Gasteiger partial charge in [0.05, 0.1) is 19.3 Å². The van der Waals surface area contributed by atoms with Crippen LogP contribution in [-0.4, -0.2) is 25.1 Å². The molecule has 4 nitrogen and oxygen atoms in total. The number of aliphatic imine (C=N–C) groups is 1. The molecule has 92 valence electrons. The molecule has 0 saturated heterocycles. The van der Waals surface area contributed by atoms with E-state index in [9.17, 15) is 4.79 Å². The fourth-order valence-corrected chi connectivity index (χ4v) is 1.48. The number of hydrogen-bond donors (Lipinski definition) is 1. The summed E-state index contributed by atoms with van der Waals surface area (Å²) in [6.45, 7) is 0.114. The van der Waals surface area contributed by atoms with Crippen LogP contribution in [0.15, 0.2) is 51.9 Å². The third-order valence-corrected chi connectivity index (χ3v) is 2.40. The zero-order chi connectivity index (χ0) is 12.8. The summed E-state index contributed by atoms with van der Waals surface area (Å²) in [5.41, 5.74) is 6.19. The number of carbonyl (C=O) groups is 1. The highest BCUT2D eigenvalue weighted by Crippen LogP contribution is 2.20. The number of furan rings is 1. The number of nitrogens with two attached hydrogens (primary N) is 1. The molecule has 0 fully saturated rings. The van der Waals surface area contributed by atoms with Crippen LogP contribution in [0.2, 0.25) is 0 Å². The predicted molar refractivity (Wildman–Crippen MR) is 70.7 cm³/mol. The van der Waals surface area contributed by atoms with Crippen LogP contribution in [0, 0.1) is 0 Å². The highest BCUT2D eigenvalue weighted by Gasteiger charge is 2.02. The van der Waals surface area contributed by atoms with Crippen molar-refractivity contribution < 1.29 is 9.21 Å². The van der Waals surface area contributed by atoms with E-state index in [1.54, 1.807) is 6.21 Å². The second-order valence-corrected chi connectivity index (χ2v) is 3.78. The SMILES string of the molecule is NCC(=O)CN=Cc1ccc(-c2ccccc2)o1. The average Bonchev–Trinajstić information content (AvgIpc) is 2.88. The van der Waals surface area contributed by atoms with E-state index in [1.165, 1.54) is 0 Å². The van der Waals surface area contributed by atoms with E-state index < -0.39 is 0 Å². The summed E-state index contributed by atoms with van der Waals surface area (Å²) in [5.74, 6) is 1.31. The van der Waals surface area contributed by atoms with Crippen molar-refractivity contribution in [1.82, 2.24) is 0 Å². The summed E-state index contributed by atoms with van der Waals surface area (Å²) in [6.07, 6.45) is 1.54. The van der Waals surface area contributed by atoms with Gasteiger partial charge in [-0.2, -0.15) is 0 Å². The molecule has 0 saturated carbocycles. The summed E-state index contributed by atoms with van der Waals surface area (Å²) < 4.78 is 5.59. The van der Waals surface area contributed by atoms with E-state index >= 15 is 0 Å². The van der Waals surface area contributed by atoms with Crippen LogP contribution >= 0.6 is 0 Å². The molecule has 1 heterocycles. The van der Waals surface area contributed by atoms with Gasteiger partial charge in [-0.1, -0.05) is 30.3 Å². The quantitative estimate of drug-likeness (QED) is 0.814. The Labute approximate surface area is 105 Å². The Balaban J connectivity index is 2.05. The minimum absolute atomic E-state index is 0.0186. The first-order chi connectivity index (χ1) is 8.79. The molecule has 0 atom stereocenters. The number of hydrogen-bond acceptors (Lipinski definition) is 4. The third-order valence-electron chi connectivity index (χ3n) is 2.40. The Kier molecular flexibility index (Phi) is 4.04. The summed E-state index contributed by atoms with van der Waals surface area (Å²) in [6, 6.07) is 13.5. The molecule has 0 aliphatic rings. The normalized spacial score (nSPS) is 10.9. The first kappa shape index (κ1) is 12.3. The lowest BCUT2D eigenvalue weighted by molar-refractivity contribution is -0.116. The predicted octanol–water partition coefficient (Wildman–Crippen LogP) is 1.89. The zero-order valence-electron chi connectivity index (χ0n) is 9.87. The monoisotopic (exact) mass is 242 g/mol. The van der Waals surface area contributed by atoms with Crippen LogP contribution in [-0.2, 0) is 4.79 Å². The molecule has 0 aliphatic heterocycles. The number of carbonyl (C=O) groups excluding carboxylic acids is 1. The molecule has 4 heteroatoms. The summed E-state index contributed by atoms with van der Waals surface area (Å²) in [5, 5.41) is 0. The maximum atomic E-state index is 11.0. The van der Waals surface area contributed by atoms with Crippen molar-refractivity contribution in [3.8, 4) is 11.3 Å². The van der Waals surface area contributed by atoms with Crippen LogP contribution in [0.3, 0.4) is 0 Å². The third kappa shape index (κ3) is 3.15. The maximum absolute atomic E-state index is 11.0. The fraction of sp³-hybridized carbons (Fsp3) is 0.143. The van der Waals surface area contributed by atoms with Crippen molar-refractivity contribution in [3.05, 3.63) is 48.2 Å². The van der Waals surface area contributed by atoms with Crippen molar-refractivity contribution in [3.63, 3.8) is 0 Å². The van der Waals surface area contributed by atoms with Crippen molar-refractivity contribution >= 4 is 12.0 Å². The van der Waals surface area contributed by atoms with Gasteiger partial charge in [-0.15, -0.1) is 0 Å². The van der Waals surface area contributed by atoms with Gasteiger partial charge in [0, 0.05) is 5.56 Å². The van der Waals surface area contributed by atoms with E-state index in [2.05, 4.69) is 4.99 Å². The standard InChI is InChI=1S/C14H14N2O2/c15-8-12(17)9-16-10-13-6-7-14(18-13)11-4-2-1-3-5-11/h1-7,10H,8-9,15H2. The van der Waals surface area contributed by atoms with E-state index in [-0.39, 0.29) is 18.9 Å². The van der Waals surface area contributed by atoms with E-state index in [1.807, 2.05) is 42.5 Å². The molecular weight excluding hydrogens is 228 g/mol. The molecule has 2 N–H and O–H groups in total. The van der Waals surface area contributed by atoms with Gasteiger partial charge in [-0.05, 0) is 12.1 Å². The minimum Gasteiger partial charge on any atom is -0.455 e. The van der Waals surface area contributed by atoms with E-state index in [0.29, 0.717) is 5.76 Å². The minimum atomic E-state index is -0.0962. The van der Waals surface area contributed by atoms with E-state index in [4.69, 9.17) is 10.2 Å². The molecule has 18 heavy (non-hydrogen) atoms. The number of Topliss-reactive ketones (excluding diaryl/α,β-unsaturated/α-hetero) is 1. The highest BCUT2D eigenvalue weighted by atomic mass is 16.3. The molecule has 0 amide bonds. The number of rotatable bonds is 5. The Bertz CT molecular complexity index is 544. The Morgan fingerprint density at radius 2 is 2.00 bits per heavy atom. The second kappa shape index (κ2) is 5.93. The molecule has 1 aromatic heterocycles. The molecular formula is C14H14N2O2. The number of nitrogens with zero attached hydrogens (tertiary/aromatic N) is 1. The topological polar surface area (TPSA) is 68.6 Å².